The second-order valence-corrected chi connectivity index (χ2v) is 5.49. The third-order valence-electron chi connectivity index (χ3n) is 3.88. The summed E-state index contributed by atoms with van der Waals surface area (Å²) in [5.41, 5.74) is 0. The molecular formula is C13H23F3N4O. The summed E-state index contributed by atoms with van der Waals surface area (Å²) in [6, 6.07) is 0.547. The zero-order valence-corrected chi connectivity index (χ0v) is 12.2. The van der Waals surface area contributed by atoms with Gasteiger partial charge in [-0.15, -0.1) is 0 Å². The van der Waals surface area contributed by atoms with Crippen molar-refractivity contribution in [1.82, 2.24) is 15.5 Å². The molecule has 5 nitrogen and oxygen atoms in total. The molecule has 8 heteroatoms. The third-order valence-corrected chi connectivity index (χ3v) is 3.88. The number of fused-ring (bicyclic) bond motifs is 1. The molecule has 2 fully saturated rings. The number of ether oxygens (including phenoxy) is 1. The molecular weight excluding hydrogens is 285 g/mol. The molecule has 0 bridgehead atoms. The van der Waals surface area contributed by atoms with Crippen molar-refractivity contribution < 1.29 is 17.9 Å². The Labute approximate surface area is 122 Å². The molecule has 0 spiro atoms. The normalized spacial score (nSPS) is 27.5. The molecule has 0 radical (unpaired) electrons. The predicted molar refractivity (Wildman–Crippen MR) is 74.4 cm³/mol. The summed E-state index contributed by atoms with van der Waals surface area (Å²) in [5.74, 6) is 0.381. The Bertz CT molecular complexity index is 362. The van der Waals surface area contributed by atoms with Gasteiger partial charge in [-0.25, -0.2) is 0 Å². The summed E-state index contributed by atoms with van der Waals surface area (Å²) < 4.78 is 42.0. The molecule has 2 heterocycles. The largest absolute Gasteiger partial charge is 0.390 e. The molecule has 2 aliphatic heterocycles. The lowest BCUT2D eigenvalue weighted by atomic mass is 10.2. The summed E-state index contributed by atoms with van der Waals surface area (Å²) in [4.78, 5) is 6.34. The van der Waals surface area contributed by atoms with Crippen LogP contribution in [0.3, 0.4) is 0 Å². The van der Waals surface area contributed by atoms with Crippen molar-refractivity contribution in [3.05, 3.63) is 0 Å². The van der Waals surface area contributed by atoms with E-state index in [0.29, 0.717) is 18.5 Å². The van der Waals surface area contributed by atoms with Gasteiger partial charge in [0.15, 0.2) is 5.96 Å². The van der Waals surface area contributed by atoms with Gasteiger partial charge in [-0.3, -0.25) is 9.89 Å². The maximum Gasteiger partial charge on any atom is 0.390 e. The molecule has 2 unspecified atom stereocenters. The molecule has 0 aromatic heterocycles. The average molecular weight is 308 g/mol. The minimum Gasteiger partial charge on any atom is -0.373 e. The van der Waals surface area contributed by atoms with Gasteiger partial charge in [-0.1, -0.05) is 0 Å². The number of hydrogen-bond donors (Lipinski definition) is 2. The van der Waals surface area contributed by atoms with Crippen molar-refractivity contribution in [3.8, 4) is 0 Å². The first-order valence-electron chi connectivity index (χ1n) is 7.35. The first kappa shape index (κ1) is 16.4. The van der Waals surface area contributed by atoms with Crippen LogP contribution in [0.4, 0.5) is 13.2 Å². The van der Waals surface area contributed by atoms with Gasteiger partial charge < -0.3 is 15.4 Å². The van der Waals surface area contributed by atoms with Crippen LogP contribution in [0.1, 0.15) is 19.3 Å². The topological polar surface area (TPSA) is 48.9 Å². The van der Waals surface area contributed by atoms with Crippen LogP contribution in [0.2, 0.25) is 0 Å². The number of nitrogens with one attached hydrogen (secondary N) is 2. The third kappa shape index (κ3) is 5.35. The Morgan fingerprint density at radius 3 is 2.90 bits per heavy atom. The molecule has 0 saturated carbocycles. The van der Waals surface area contributed by atoms with Crippen LogP contribution < -0.4 is 10.6 Å². The van der Waals surface area contributed by atoms with Crippen LogP contribution in [-0.4, -0.2) is 69.0 Å². The quantitative estimate of drug-likeness (QED) is 0.600. The van der Waals surface area contributed by atoms with Crippen molar-refractivity contribution in [2.75, 3.05) is 39.8 Å². The second kappa shape index (κ2) is 7.31. The van der Waals surface area contributed by atoms with Crippen LogP contribution in [0.15, 0.2) is 4.99 Å². The molecule has 2 saturated heterocycles. The van der Waals surface area contributed by atoms with Gasteiger partial charge in [0.1, 0.15) is 0 Å². The predicted octanol–water partition coefficient (Wildman–Crippen LogP) is 0.967. The molecule has 2 rings (SSSR count). The number of halogens is 3. The number of alkyl halides is 3. The molecule has 21 heavy (non-hydrogen) atoms. The summed E-state index contributed by atoms with van der Waals surface area (Å²) in [7, 11) is 1.54. The van der Waals surface area contributed by atoms with Crippen LogP contribution in [0, 0.1) is 0 Å². The lowest BCUT2D eigenvalue weighted by Gasteiger charge is -2.35. The monoisotopic (exact) mass is 308 g/mol. The van der Waals surface area contributed by atoms with Gasteiger partial charge in [0, 0.05) is 32.7 Å². The van der Waals surface area contributed by atoms with Gasteiger partial charge in [0.05, 0.1) is 19.1 Å². The fourth-order valence-corrected chi connectivity index (χ4v) is 2.76. The van der Waals surface area contributed by atoms with E-state index < -0.39 is 12.6 Å². The van der Waals surface area contributed by atoms with Crippen molar-refractivity contribution in [3.63, 3.8) is 0 Å². The first-order chi connectivity index (χ1) is 9.98. The van der Waals surface area contributed by atoms with Crippen molar-refractivity contribution in [2.24, 2.45) is 4.99 Å². The average Bonchev–Trinajstić information content (AvgIpc) is 2.88. The molecule has 0 aromatic carbocycles. The van der Waals surface area contributed by atoms with Gasteiger partial charge >= 0.3 is 6.18 Å². The number of hydrogen-bond acceptors (Lipinski definition) is 3. The minimum atomic E-state index is -4.15. The highest BCUT2D eigenvalue weighted by molar-refractivity contribution is 5.79. The molecule has 0 amide bonds. The highest BCUT2D eigenvalue weighted by Gasteiger charge is 2.32. The fraction of sp³-hybridized carbons (Fsp3) is 0.923. The first-order valence-corrected chi connectivity index (χ1v) is 7.35. The standard InChI is InChI=1S/C13H23F3N4O/c1-17-12(18-5-4-13(14,15)16)19-7-11-8-20-6-2-3-10(20)9-21-11/h10-11H,2-9H2,1H3,(H2,17,18,19). The van der Waals surface area contributed by atoms with E-state index in [9.17, 15) is 13.2 Å². The van der Waals surface area contributed by atoms with E-state index in [1.165, 1.54) is 12.8 Å². The summed E-state index contributed by atoms with van der Waals surface area (Å²) in [5, 5.41) is 5.69. The Kier molecular flexibility index (Phi) is 5.69. The van der Waals surface area contributed by atoms with Crippen LogP contribution in [-0.2, 0) is 4.74 Å². The maximum atomic E-state index is 12.1. The molecule has 122 valence electrons. The van der Waals surface area contributed by atoms with Gasteiger partial charge in [0.25, 0.3) is 0 Å². The van der Waals surface area contributed by atoms with Crippen LogP contribution in [0.5, 0.6) is 0 Å². The zero-order chi connectivity index (χ0) is 15.3. The second-order valence-electron chi connectivity index (χ2n) is 5.49. The minimum absolute atomic E-state index is 0.0560. The van der Waals surface area contributed by atoms with Crippen molar-refractivity contribution in [1.29, 1.82) is 0 Å². The van der Waals surface area contributed by atoms with Gasteiger partial charge in [-0.05, 0) is 19.4 Å². The maximum absolute atomic E-state index is 12.1. The van der Waals surface area contributed by atoms with Crippen LogP contribution in [0.25, 0.3) is 0 Å². The van der Waals surface area contributed by atoms with E-state index in [4.69, 9.17) is 4.74 Å². The Balaban J connectivity index is 1.66. The smallest absolute Gasteiger partial charge is 0.373 e. The number of nitrogens with zero attached hydrogens (tertiary/aromatic N) is 2. The molecule has 0 aromatic rings. The molecule has 2 aliphatic rings. The highest BCUT2D eigenvalue weighted by atomic mass is 19.4. The highest BCUT2D eigenvalue weighted by Crippen LogP contribution is 2.22. The Morgan fingerprint density at radius 1 is 1.38 bits per heavy atom. The molecule has 0 aliphatic carbocycles. The molecule has 2 atom stereocenters. The molecule has 2 N–H and O–H groups in total. The fourth-order valence-electron chi connectivity index (χ4n) is 2.76. The van der Waals surface area contributed by atoms with E-state index in [-0.39, 0.29) is 12.6 Å². The summed E-state index contributed by atoms with van der Waals surface area (Å²) in [6.45, 7) is 3.10. The SMILES string of the molecule is CN=C(NCCC(F)(F)F)NCC1CN2CCCC2CO1. The van der Waals surface area contributed by atoms with Gasteiger partial charge in [-0.2, -0.15) is 13.2 Å². The van der Waals surface area contributed by atoms with E-state index in [2.05, 4.69) is 20.5 Å². The number of rotatable bonds is 4. The summed E-state index contributed by atoms with van der Waals surface area (Å²) >= 11 is 0. The lowest BCUT2D eigenvalue weighted by Crippen LogP contribution is -2.51. The van der Waals surface area contributed by atoms with E-state index in [0.717, 1.165) is 19.7 Å². The Hall–Kier alpha value is -1.02. The zero-order valence-electron chi connectivity index (χ0n) is 12.2. The number of guanidine groups is 1. The Morgan fingerprint density at radius 2 is 2.19 bits per heavy atom. The van der Waals surface area contributed by atoms with Crippen molar-refractivity contribution >= 4 is 5.96 Å². The summed E-state index contributed by atoms with van der Waals surface area (Å²) in [6.07, 6.45) is -2.55. The van der Waals surface area contributed by atoms with E-state index in [1.807, 2.05) is 0 Å². The van der Waals surface area contributed by atoms with Crippen LogP contribution >= 0.6 is 0 Å². The van der Waals surface area contributed by atoms with E-state index in [1.54, 1.807) is 7.05 Å². The number of morpholine rings is 1. The van der Waals surface area contributed by atoms with Crippen molar-refractivity contribution in [2.45, 2.75) is 37.6 Å². The number of aliphatic imine (C=N–C) groups is 1. The van der Waals surface area contributed by atoms with E-state index >= 15 is 0 Å². The van der Waals surface area contributed by atoms with Gasteiger partial charge in [0.2, 0.25) is 0 Å². The lowest BCUT2D eigenvalue weighted by molar-refractivity contribution is -0.132.